The van der Waals surface area contributed by atoms with E-state index in [1.807, 2.05) is 11.8 Å². The number of piperazine rings is 1. The van der Waals surface area contributed by atoms with Crippen LogP contribution < -0.4 is 5.73 Å². The van der Waals surface area contributed by atoms with Crippen molar-refractivity contribution in [1.82, 2.24) is 19.9 Å². The van der Waals surface area contributed by atoms with Gasteiger partial charge in [0.25, 0.3) is 0 Å². The molecule has 1 saturated heterocycles. The number of hydrogen-bond acceptors (Lipinski definition) is 6. The maximum atomic E-state index is 12.9. The van der Waals surface area contributed by atoms with Crippen molar-refractivity contribution >= 4 is 5.91 Å². The average Bonchev–Trinajstić information content (AvgIpc) is 3.31. The van der Waals surface area contributed by atoms with Crippen LogP contribution in [-0.2, 0) is 17.8 Å². The second kappa shape index (κ2) is 6.44. The van der Waals surface area contributed by atoms with Crippen molar-refractivity contribution in [2.75, 3.05) is 26.2 Å². The van der Waals surface area contributed by atoms with Crippen LogP contribution in [-0.4, -0.2) is 58.1 Å². The fraction of sp³-hybridized carbons (Fsp3) is 0.824. The number of nitrogens with zero attached hydrogens (tertiary/aromatic N) is 4. The summed E-state index contributed by atoms with van der Waals surface area (Å²) in [6, 6.07) is 0.0843. The van der Waals surface area contributed by atoms with Gasteiger partial charge >= 0.3 is 0 Å². The van der Waals surface area contributed by atoms with Crippen molar-refractivity contribution in [3.8, 4) is 0 Å². The molecule has 2 bridgehead atoms. The molecule has 0 spiro atoms. The van der Waals surface area contributed by atoms with Gasteiger partial charge in [-0.2, -0.15) is 4.98 Å². The lowest BCUT2D eigenvalue weighted by molar-refractivity contribution is -0.139. The predicted octanol–water partition coefficient (Wildman–Crippen LogP) is 0.650. The van der Waals surface area contributed by atoms with Crippen molar-refractivity contribution in [2.45, 2.75) is 45.2 Å². The van der Waals surface area contributed by atoms with Gasteiger partial charge in [-0.15, -0.1) is 0 Å². The Morgan fingerprint density at radius 1 is 1.25 bits per heavy atom. The second-order valence-electron chi connectivity index (χ2n) is 7.50. The quantitative estimate of drug-likeness (QED) is 0.870. The fourth-order valence-electron chi connectivity index (χ4n) is 4.74. The molecular formula is C17H27N5O2. The van der Waals surface area contributed by atoms with Crippen molar-refractivity contribution < 1.29 is 9.32 Å². The molecule has 4 atom stereocenters. The summed E-state index contributed by atoms with van der Waals surface area (Å²) in [6.45, 7) is 5.96. The average molecular weight is 333 g/mol. The topological polar surface area (TPSA) is 88.5 Å². The molecule has 4 rings (SSSR count). The molecular weight excluding hydrogens is 306 g/mol. The third kappa shape index (κ3) is 2.84. The van der Waals surface area contributed by atoms with Crippen LogP contribution in [0.4, 0.5) is 0 Å². The number of carbonyl (C=O) groups excluding carboxylic acids is 1. The Morgan fingerprint density at radius 2 is 2.00 bits per heavy atom. The first-order valence-electron chi connectivity index (χ1n) is 9.24. The summed E-state index contributed by atoms with van der Waals surface area (Å²) in [5.74, 6) is 2.89. The van der Waals surface area contributed by atoms with Crippen molar-refractivity contribution in [1.29, 1.82) is 0 Å². The Morgan fingerprint density at radius 3 is 2.62 bits per heavy atom. The molecule has 4 unspecified atom stereocenters. The van der Waals surface area contributed by atoms with Gasteiger partial charge in [0.05, 0.1) is 12.5 Å². The number of aromatic nitrogens is 2. The molecule has 3 aliphatic rings. The summed E-state index contributed by atoms with van der Waals surface area (Å²) in [6.07, 6.45) is 4.33. The molecule has 2 aliphatic carbocycles. The molecule has 1 aromatic rings. The zero-order chi connectivity index (χ0) is 16.7. The minimum atomic E-state index is 0.0691. The smallest absolute Gasteiger partial charge is 0.227 e. The highest BCUT2D eigenvalue weighted by Crippen LogP contribution is 2.48. The SMILES string of the molecule is CCc1nc(CN2CCN(C(=O)C3C4CCC(C4)C3N)CC2)no1. The van der Waals surface area contributed by atoms with E-state index >= 15 is 0 Å². The van der Waals surface area contributed by atoms with Crippen LogP contribution in [0.15, 0.2) is 4.52 Å². The largest absolute Gasteiger partial charge is 0.340 e. The van der Waals surface area contributed by atoms with Gasteiger partial charge < -0.3 is 15.2 Å². The summed E-state index contributed by atoms with van der Waals surface area (Å²) in [5.41, 5.74) is 6.33. The Balaban J connectivity index is 1.30. The van der Waals surface area contributed by atoms with Crippen molar-refractivity contribution in [2.24, 2.45) is 23.5 Å². The van der Waals surface area contributed by atoms with Crippen LogP contribution in [0.1, 0.15) is 37.9 Å². The van der Waals surface area contributed by atoms with E-state index < -0.39 is 0 Å². The van der Waals surface area contributed by atoms with E-state index in [9.17, 15) is 4.79 Å². The monoisotopic (exact) mass is 333 g/mol. The Kier molecular flexibility index (Phi) is 4.30. The molecule has 1 aliphatic heterocycles. The van der Waals surface area contributed by atoms with Gasteiger partial charge in [0.2, 0.25) is 11.8 Å². The van der Waals surface area contributed by atoms with Gasteiger partial charge in [0.15, 0.2) is 5.82 Å². The number of rotatable bonds is 4. The number of amides is 1. The standard InChI is InChI=1S/C17H27N5O2/c1-2-14-19-13(20-24-14)10-21-5-7-22(8-6-21)17(23)15-11-3-4-12(9-11)16(15)18/h11-12,15-16H,2-10,18H2,1H3. The Labute approximate surface area is 142 Å². The number of aryl methyl sites for hydroxylation is 1. The van der Waals surface area contributed by atoms with Crippen LogP contribution >= 0.6 is 0 Å². The predicted molar refractivity (Wildman–Crippen MR) is 87.8 cm³/mol. The third-order valence-electron chi connectivity index (χ3n) is 6.13. The van der Waals surface area contributed by atoms with Crippen LogP contribution in [0.3, 0.4) is 0 Å². The van der Waals surface area contributed by atoms with Crippen LogP contribution in [0, 0.1) is 17.8 Å². The molecule has 132 valence electrons. The minimum absolute atomic E-state index is 0.0691. The molecule has 2 heterocycles. The van der Waals surface area contributed by atoms with E-state index in [1.165, 1.54) is 12.8 Å². The maximum Gasteiger partial charge on any atom is 0.227 e. The third-order valence-corrected chi connectivity index (χ3v) is 6.13. The molecule has 2 N–H and O–H groups in total. The van der Waals surface area contributed by atoms with Gasteiger partial charge in [0, 0.05) is 38.6 Å². The molecule has 7 nitrogen and oxygen atoms in total. The normalized spacial score (nSPS) is 33.3. The Hall–Kier alpha value is -1.47. The molecule has 1 aromatic heterocycles. The zero-order valence-electron chi connectivity index (χ0n) is 14.4. The zero-order valence-corrected chi connectivity index (χ0v) is 14.4. The fourth-order valence-corrected chi connectivity index (χ4v) is 4.74. The van der Waals surface area contributed by atoms with Crippen LogP contribution in [0.5, 0.6) is 0 Å². The van der Waals surface area contributed by atoms with Gasteiger partial charge in [-0.3, -0.25) is 9.69 Å². The molecule has 7 heteroatoms. The van der Waals surface area contributed by atoms with E-state index in [0.717, 1.165) is 44.8 Å². The number of carbonyl (C=O) groups is 1. The summed E-state index contributed by atoms with van der Waals surface area (Å²) in [7, 11) is 0. The molecule has 3 fully saturated rings. The van der Waals surface area contributed by atoms with Gasteiger partial charge in [-0.1, -0.05) is 12.1 Å². The molecule has 0 radical (unpaired) electrons. The minimum Gasteiger partial charge on any atom is -0.340 e. The lowest BCUT2D eigenvalue weighted by Gasteiger charge is -2.38. The summed E-state index contributed by atoms with van der Waals surface area (Å²) in [4.78, 5) is 21.6. The highest BCUT2D eigenvalue weighted by Gasteiger charge is 2.50. The summed E-state index contributed by atoms with van der Waals surface area (Å²) < 4.78 is 5.16. The van der Waals surface area contributed by atoms with Crippen molar-refractivity contribution in [3.63, 3.8) is 0 Å². The number of fused-ring (bicyclic) bond motifs is 2. The molecule has 1 amide bonds. The summed E-state index contributed by atoms with van der Waals surface area (Å²) in [5, 5.41) is 4.01. The number of hydrogen-bond donors (Lipinski definition) is 1. The van der Waals surface area contributed by atoms with E-state index in [-0.39, 0.29) is 12.0 Å². The highest BCUT2D eigenvalue weighted by molar-refractivity contribution is 5.80. The van der Waals surface area contributed by atoms with Gasteiger partial charge in [-0.05, 0) is 31.1 Å². The van der Waals surface area contributed by atoms with E-state index in [4.69, 9.17) is 10.3 Å². The molecule has 0 aromatic carbocycles. The van der Waals surface area contributed by atoms with Gasteiger partial charge in [0.1, 0.15) is 0 Å². The molecule has 2 saturated carbocycles. The van der Waals surface area contributed by atoms with E-state index in [1.54, 1.807) is 0 Å². The summed E-state index contributed by atoms with van der Waals surface area (Å²) >= 11 is 0. The lowest BCUT2D eigenvalue weighted by atomic mass is 9.84. The van der Waals surface area contributed by atoms with Gasteiger partial charge in [-0.25, -0.2) is 0 Å². The van der Waals surface area contributed by atoms with Crippen molar-refractivity contribution in [3.05, 3.63) is 11.7 Å². The second-order valence-corrected chi connectivity index (χ2v) is 7.50. The van der Waals surface area contributed by atoms with E-state index in [0.29, 0.717) is 30.2 Å². The molecule has 24 heavy (non-hydrogen) atoms. The van der Waals surface area contributed by atoms with E-state index in [2.05, 4.69) is 15.0 Å². The lowest BCUT2D eigenvalue weighted by Crippen LogP contribution is -2.53. The van der Waals surface area contributed by atoms with Crippen LogP contribution in [0.25, 0.3) is 0 Å². The first kappa shape index (κ1) is 16.0. The first-order valence-corrected chi connectivity index (χ1v) is 9.24. The number of nitrogens with two attached hydrogens (primary N) is 1. The highest BCUT2D eigenvalue weighted by atomic mass is 16.5. The maximum absolute atomic E-state index is 12.9. The first-order chi connectivity index (χ1) is 11.7. The van der Waals surface area contributed by atoms with Crippen LogP contribution in [0.2, 0.25) is 0 Å². The Bertz CT molecular complexity index is 594.